The van der Waals surface area contributed by atoms with Crippen molar-refractivity contribution in [2.45, 2.75) is 135 Å². The van der Waals surface area contributed by atoms with Gasteiger partial charge in [0.15, 0.2) is 0 Å². The fourth-order valence-electron chi connectivity index (χ4n) is 5.98. The molecule has 0 aromatic carbocycles. The molecular weight excluding hydrogens is 328 g/mol. The lowest BCUT2D eigenvalue weighted by Gasteiger charge is -2.29. The number of hydrogen-bond acceptors (Lipinski definition) is 1. The maximum atomic E-state index is 11.0. The molecule has 0 amide bonds. The van der Waals surface area contributed by atoms with Gasteiger partial charge in [-0.15, -0.1) is 0 Å². The zero-order valence-electron chi connectivity index (χ0n) is 18.4. The average molecular weight is 377 g/mol. The Labute approximate surface area is 170 Å². The van der Waals surface area contributed by atoms with Crippen molar-refractivity contribution in [2.24, 2.45) is 23.7 Å². The van der Waals surface area contributed by atoms with Gasteiger partial charge in [-0.3, -0.25) is 0 Å². The third kappa shape index (κ3) is 10.1. The second kappa shape index (κ2) is 14.6. The first-order valence-corrected chi connectivity index (χ1v) is 12.8. The molecule has 0 heterocycles. The lowest BCUT2D eigenvalue weighted by atomic mass is 9.77. The third-order valence-corrected chi connectivity index (χ3v) is 7.58. The summed E-state index contributed by atoms with van der Waals surface area (Å²) in [5.41, 5.74) is 0. The quantitative estimate of drug-likeness (QED) is 0.219. The fraction of sp³-hybridized carbons (Fsp3) is 0.962. The van der Waals surface area contributed by atoms with Crippen LogP contribution in [0.3, 0.4) is 0 Å². The van der Waals surface area contributed by atoms with Crippen LogP contribution >= 0.6 is 0 Å². The SMILES string of the molecule is CCCC1CCCC(CCCCCCCCCCC2CCCC(C=O)C2)C1. The predicted octanol–water partition coefficient (Wildman–Crippen LogP) is 8.50. The van der Waals surface area contributed by atoms with E-state index in [4.69, 9.17) is 0 Å². The minimum atomic E-state index is 0.384. The van der Waals surface area contributed by atoms with Crippen molar-refractivity contribution in [1.29, 1.82) is 0 Å². The molecule has 2 aliphatic rings. The summed E-state index contributed by atoms with van der Waals surface area (Å²) in [7, 11) is 0. The normalized spacial score (nSPS) is 28.9. The lowest BCUT2D eigenvalue weighted by molar-refractivity contribution is -0.112. The van der Waals surface area contributed by atoms with Gasteiger partial charge in [0.1, 0.15) is 6.29 Å². The summed E-state index contributed by atoms with van der Waals surface area (Å²) >= 11 is 0. The summed E-state index contributed by atoms with van der Waals surface area (Å²) < 4.78 is 0. The molecule has 2 saturated carbocycles. The maximum Gasteiger partial charge on any atom is 0.123 e. The first kappa shape index (κ1) is 23.0. The minimum Gasteiger partial charge on any atom is -0.303 e. The van der Waals surface area contributed by atoms with Gasteiger partial charge in [0.2, 0.25) is 0 Å². The molecule has 0 saturated heterocycles. The molecule has 0 radical (unpaired) electrons. The predicted molar refractivity (Wildman–Crippen MR) is 118 cm³/mol. The minimum absolute atomic E-state index is 0.384. The second-order valence-electron chi connectivity index (χ2n) is 10.0. The summed E-state index contributed by atoms with van der Waals surface area (Å²) in [5, 5.41) is 0. The van der Waals surface area contributed by atoms with Gasteiger partial charge in [-0.2, -0.15) is 0 Å². The van der Waals surface area contributed by atoms with Crippen LogP contribution in [0.1, 0.15) is 135 Å². The molecule has 1 nitrogen and oxygen atoms in total. The highest BCUT2D eigenvalue weighted by Gasteiger charge is 2.21. The summed E-state index contributed by atoms with van der Waals surface area (Å²) in [4.78, 5) is 11.0. The van der Waals surface area contributed by atoms with Gasteiger partial charge < -0.3 is 4.79 Å². The van der Waals surface area contributed by atoms with Gasteiger partial charge in [-0.1, -0.05) is 116 Å². The van der Waals surface area contributed by atoms with Crippen molar-refractivity contribution in [2.75, 3.05) is 0 Å². The van der Waals surface area contributed by atoms with E-state index in [1.54, 1.807) is 6.42 Å². The van der Waals surface area contributed by atoms with Crippen molar-refractivity contribution >= 4 is 6.29 Å². The Balaban J connectivity index is 1.35. The monoisotopic (exact) mass is 376 g/mol. The molecular formula is C26H48O. The zero-order chi connectivity index (χ0) is 19.2. The van der Waals surface area contributed by atoms with Gasteiger partial charge in [-0.25, -0.2) is 0 Å². The Kier molecular flexibility index (Phi) is 12.4. The standard InChI is InChI=1S/C26H48O/c1-2-13-23-16-11-17-24(20-23)14-9-7-5-3-4-6-8-10-15-25-18-12-19-26(21-25)22-27/h22-26H,2-21H2,1H3. The molecule has 4 atom stereocenters. The molecule has 2 aliphatic carbocycles. The maximum absolute atomic E-state index is 11.0. The van der Waals surface area contributed by atoms with E-state index in [9.17, 15) is 4.79 Å². The van der Waals surface area contributed by atoms with E-state index in [0.717, 1.165) is 24.2 Å². The van der Waals surface area contributed by atoms with Crippen LogP contribution in [0.2, 0.25) is 0 Å². The van der Waals surface area contributed by atoms with E-state index >= 15 is 0 Å². The molecule has 0 aliphatic heterocycles. The average Bonchev–Trinajstić information content (AvgIpc) is 2.70. The molecule has 2 rings (SSSR count). The molecule has 4 unspecified atom stereocenters. The van der Waals surface area contributed by atoms with Crippen molar-refractivity contribution in [1.82, 2.24) is 0 Å². The molecule has 27 heavy (non-hydrogen) atoms. The number of unbranched alkanes of at least 4 members (excludes halogenated alkanes) is 7. The van der Waals surface area contributed by atoms with Crippen LogP contribution in [0, 0.1) is 23.7 Å². The first-order valence-electron chi connectivity index (χ1n) is 12.8. The van der Waals surface area contributed by atoms with Crippen molar-refractivity contribution < 1.29 is 4.79 Å². The van der Waals surface area contributed by atoms with E-state index in [0.29, 0.717) is 5.92 Å². The third-order valence-electron chi connectivity index (χ3n) is 7.58. The highest BCUT2D eigenvalue weighted by molar-refractivity contribution is 5.53. The number of carbonyl (C=O) groups is 1. The van der Waals surface area contributed by atoms with Crippen LogP contribution in [0.15, 0.2) is 0 Å². The summed E-state index contributed by atoms with van der Waals surface area (Å²) in [6, 6.07) is 0. The van der Waals surface area contributed by atoms with E-state index < -0.39 is 0 Å². The van der Waals surface area contributed by atoms with Crippen LogP contribution in [0.25, 0.3) is 0 Å². The fourth-order valence-corrected chi connectivity index (χ4v) is 5.98. The van der Waals surface area contributed by atoms with E-state index in [2.05, 4.69) is 6.92 Å². The number of aldehydes is 1. The van der Waals surface area contributed by atoms with E-state index in [1.165, 1.54) is 122 Å². The highest BCUT2D eigenvalue weighted by atomic mass is 16.1. The summed E-state index contributed by atoms with van der Waals surface area (Å²) in [6.45, 7) is 2.35. The molecule has 0 bridgehead atoms. The Morgan fingerprint density at radius 1 is 0.630 bits per heavy atom. The van der Waals surface area contributed by atoms with Gasteiger partial charge >= 0.3 is 0 Å². The van der Waals surface area contributed by atoms with Crippen LogP contribution in [0.4, 0.5) is 0 Å². The van der Waals surface area contributed by atoms with Crippen LogP contribution < -0.4 is 0 Å². The molecule has 158 valence electrons. The van der Waals surface area contributed by atoms with E-state index in [1.807, 2.05) is 0 Å². The lowest BCUT2D eigenvalue weighted by Crippen LogP contribution is -2.16. The van der Waals surface area contributed by atoms with Crippen molar-refractivity contribution in [3.8, 4) is 0 Å². The first-order chi connectivity index (χ1) is 13.3. The van der Waals surface area contributed by atoms with Crippen molar-refractivity contribution in [3.05, 3.63) is 0 Å². The Bertz CT molecular complexity index is 361. The van der Waals surface area contributed by atoms with Gasteiger partial charge in [0, 0.05) is 5.92 Å². The smallest absolute Gasteiger partial charge is 0.123 e. The Hall–Kier alpha value is -0.330. The van der Waals surface area contributed by atoms with Crippen LogP contribution in [-0.2, 0) is 4.79 Å². The largest absolute Gasteiger partial charge is 0.303 e. The number of hydrogen-bond donors (Lipinski definition) is 0. The summed E-state index contributed by atoms with van der Waals surface area (Å²) in [6.07, 6.45) is 29.7. The molecule has 0 aromatic rings. The molecule has 0 N–H and O–H groups in total. The molecule has 2 fully saturated rings. The van der Waals surface area contributed by atoms with Crippen molar-refractivity contribution in [3.63, 3.8) is 0 Å². The Morgan fingerprint density at radius 2 is 1.11 bits per heavy atom. The van der Waals surface area contributed by atoms with Gasteiger partial charge in [0.05, 0.1) is 0 Å². The Morgan fingerprint density at radius 3 is 1.67 bits per heavy atom. The number of rotatable bonds is 14. The summed E-state index contributed by atoms with van der Waals surface area (Å²) in [5.74, 6) is 3.36. The zero-order valence-corrected chi connectivity index (χ0v) is 18.4. The molecule has 0 aromatic heterocycles. The highest BCUT2D eigenvalue weighted by Crippen LogP contribution is 2.35. The second-order valence-corrected chi connectivity index (χ2v) is 10.0. The van der Waals surface area contributed by atoms with Gasteiger partial charge in [-0.05, 0) is 37.0 Å². The number of carbonyl (C=O) groups excluding carboxylic acids is 1. The van der Waals surface area contributed by atoms with Crippen LogP contribution in [-0.4, -0.2) is 6.29 Å². The van der Waals surface area contributed by atoms with E-state index in [-0.39, 0.29) is 0 Å². The molecule has 1 heteroatoms. The van der Waals surface area contributed by atoms with Crippen LogP contribution in [0.5, 0.6) is 0 Å². The topological polar surface area (TPSA) is 17.1 Å². The van der Waals surface area contributed by atoms with Gasteiger partial charge in [0.25, 0.3) is 0 Å². The molecule has 0 spiro atoms.